The Morgan fingerprint density at radius 3 is 1.30 bits per heavy atom. The molecular formula is C12H10O8. The molecule has 0 atom stereocenters. The number of benzene rings is 1. The monoisotopic (exact) mass is 282 g/mol. The van der Waals surface area contributed by atoms with Crippen molar-refractivity contribution in [1.82, 2.24) is 0 Å². The minimum Gasteiger partial charge on any atom is -0.478 e. The fourth-order valence-corrected chi connectivity index (χ4v) is 1.37. The second-order valence-electron chi connectivity index (χ2n) is 3.64. The number of carbonyl (C=O) groups is 4. The minimum atomic E-state index is -1.47. The summed E-state index contributed by atoms with van der Waals surface area (Å²) in [7, 11) is 0. The van der Waals surface area contributed by atoms with E-state index in [4.69, 9.17) is 10.2 Å². The molecule has 2 N–H and O–H groups in total. The molecule has 0 heterocycles. The van der Waals surface area contributed by atoms with Crippen molar-refractivity contribution in [2.45, 2.75) is 13.8 Å². The normalized spacial score (nSPS) is 9.70. The van der Waals surface area contributed by atoms with Crippen molar-refractivity contribution in [1.29, 1.82) is 0 Å². The van der Waals surface area contributed by atoms with Crippen LogP contribution in [-0.4, -0.2) is 34.1 Å². The van der Waals surface area contributed by atoms with E-state index in [2.05, 4.69) is 9.47 Å². The number of esters is 2. The van der Waals surface area contributed by atoms with E-state index in [0.29, 0.717) is 0 Å². The molecule has 1 aromatic carbocycles. The predicted octanol–water partition coefficient (Wildman–Crippen LogP) is 0.934. The second-order valence-corrected chi connectivity index (χ2v) is 3.64. The summed E-state index contributed by atoms with van der Waals surface area (Å²) in [5.41, 5.74) is -0.997. The summed E-state index contributed by atoms with van der Waals surface area (Å²) < 4.78 is 9.27. The van der Waals surface area contributed by atoms with Gasteiger partial charge in [-0.3, -0.25) is 9.59 Å². The zero-order chi connectivity index (χ0) is 15.4. The summed E-state index contributed by atoms with van der Waals surface area (Å²) >= 11 is 0. The highest BCUT2D eigenvalue weighted by molar-refractivity contribution is 5.98. The van der Waals surface area contributed by atoms with Gasteiger partial charge in [0, 0.05) is 26.0 Å². The number of hydrogen-bond donors (Lipinski definition) is 2. The lowest BCUT2D eigenvalue weighted by Gasteiger charge is -2.11. The van der Waals surface area contributed by atoms with Gasteiger partial charge >= 0.3 is 23.9 Å². The lowest BCUT2D eigenvalue weighted by Crippen LogP contribution is -2.12. The van der Waals surface area contributed by atoms with Crippen LogP contribution in [0.25, 0.3) is 0 Å². The van der Waals surface area contributed by atoms with Crippen LogP contribution in [0.4, 0.5) is 0 Å². The van der Waals surface area contributed by atoms with Crippen LogP contribution in [-0.2, 0) is 9.59 Å². The van der Waals surface area contributed by atoms with Crippen LogP contribution in [0.3, 0.4) is 0 Å². The van der Waals surface area contributed by atoms with Crippen molar-refractivity contribution in [3.05, 3.63) is 23.3 Å². The third-order valence-corrected chi connectivity index (χ3v) is 2.05. The predicted molar refractivity (Wildman–Crippen MR) is 63.0 cm³/mol. The van der Waals surface area contributed by atoms with E-state index in [9.17, 15) is 19.2 Å². The quantitative estimate of drug-likeness (QED) is 0.616. The van der Waals surface area contributed by atoms with Crippen LogP contribution in [0.15, 0.2) is 12.1 Å². The van der Waals surface area contributed by atoms with Crippen molar-refractivity contribution in [3.8, 4) is 11.5 Å². The molecule has 8 nitrogen and oxygen atoms in total. The molecule has 1 rings (SSSR count). The van der Waals surface area contributed by atoms with Gasteiger partial charge in [-0.25, -0.2) is 9.59 Å². The summed E-state index contributed by atoms with van der Waals surface area (Å²) in [5, 5.41) is 18.0. The SMILES string of the molecule is CC(=O)Oc1cc(C(=O)O)c(OC(C)=O)cc1C(=O)O. The van der Waals surface area contributed by atoms with Gasteiger partial charge in [0.15, 0.2) is 0 Å². The van der Waals surface area contributed by atoms with E-state index in [1.165, 1.54) is 0 Å². The largest absolute Gasteiger partial charge is 0.478 e. The smallest absolute Gasteiger partial charge is 0.339 e. The standard InChI is InChI=1S/C12H10O8/c1-5(13)19-9-3-8(12(17)18)10(20-6(2)14)4-7(9)11(15)16/h3-4H,1-2H3,(H,15,16)(H,17,18). The number of carboxylic acids is 2. The Labute approximate surface area is 112 Å². The minimum absolute atomic E-state index is 0.446. The molecule has 0 saturated carbocycles. The van der Waals surface area contributed by atoms with Gasteiger partial charge in [0.25, 0.3) is 0 Å². The highest BCUT2D eigenvalue weighted by atomic mass is 16.5. The number of hydrogen-bond acceptors (Lipinski definition) is 6. The van der Waals surface area contributed by atoms with Gasteiger partial charge in [0.05, 0.1) is 0 Å². The lowest BCUT2D eigenvalue weighted by atomic mass is 10.1. The van der Waals surface area contributed by atoms with E-state index < -0.39 is 46.5 Å². The van der Waals surface area contributed by atoms with Crippen LogP contribution >= 0.6 is 0 Å². The Hall–Kier alpha value is -2.90. The molecule has 0 spiro atoms. The van der Waals surface area contributed by atoms with E-state index in [0.717, 1.165) is 26.0 Å². The Morgan fingerprint density at radius 1 is 0.800 bits per heavy atom. The first-order valence-corrected chi connectivity index (χ1v) is 5.23. The van der Waals surface area contributed by atoms with Crippen molar-refractivity contribution >= 4 is 23.9 Å². The molecule has 0 aliphatic rings. The zero-order valence-electron chi connectivity index (χ0n) is 10.5. The van der Waals surface area contributed by atoms with Crippen LogP contribution in [0.2, 0.25) is 0 Å². The van der Waals surface area contributed by atoms with E-state index in [-0.39, 0.29) is 0 Å². The number of carbonyl (C=O) groups excluding carboxylic acids is 2. The van der Waals surface area contributed by atoms with Crippen molar-refractivity contribution in [3.63, 3.8) is 0 Å². The molecule has 0 saturated heterocycles. The number of ether oxygens (including phenoxy) is 2. The fourth-order valence-electron chi connectivity index (χ4n) is 1.37. The first-order chi connectivity index (χ1) is 9.22. The number of rotatable bonds is 4. The first kappa shape index (κ1) is 15.2. The molecule has 0 unspecified atom stereocenters. The molecule has 0 aliphatic carbocycles. The molecule has 0 bridgehead atoms. The van der Waals surface area contributed by atoms with Gasteiger partial charge in [0.1, 0.15) is 22.6 Å². The Kier molecular flexibility index (Phi) is 4.42. The van der Waals surface area contributed by atoms with Gasteiger partial charge in [-0.15, -0.1) is 0 Å². The average Bonchev–Trinajstić information content (AvgIpc) is 2.28. The van der Waals surface area contributed by atoms with Gasteiger partial charge < -0.3 is 19.7 Å². The fraction of sp³-hybridized carbons (Fsp3) is 0.167. The van der Waals surface area contributed by atoms with Gasteiger partial charge in [-0.1, -0.05) is 0 Å². The summed E-state index contributed by atoms with van der Waals surface area (Å²) in [5.74, 6) is -5.46. The first-order valence-electron chi connectivity index (χ1n) is 5.23. The van der Waals surface area contributed by atoms with Crippen molar-refractivity contribution in [2.75, 3.05) is 0 Å². The Morgan fingerprint density at radius 2 is 1.10 bits per heavy atom. The lowest BCUT2D eigenvalue weighted by molar-refractivity contribution is -0.133. The van der Waals surface area contributed by atoms with E-state index >= 15 is 0 Å². The summed E-state index contributed by atoms with van der Waals surface area (Å²) in [4.78, 5) is 43.9. The molecule has 0 radical (unpaired) electrons. The van der Waals surface area contributed by atoms with Gasteiger partial charge in [-0.2, -0.15) is 0 Å². The van der Waals surface area contributed by atoms with Crippen LogP contribution in [0, 0.1) is 0 Å². The highest BCUT2D eigenvalue weighted by Gasteiger charge is 2.22. The Balaban J connectivity index is 3.50. The number of aromatic carboxylic acids is 2. The molecule has 1 aromatic rings. The molecule has 106 valence electrons. The number of carboxylic acid groups (broad SMARTS) is 2. The van der Waals surface area contributed by atoms with E-state index in [1.54, 1.807) is 0 Å². The molecule has 20 heavy (non-hydrogen) atoms. The van der Waals surface area contributed by atoms with E-state index in [1.807, 2.05) is 0 Å². The van der Waals surface area contributed by atoms with Crippen LogP contribution < -0.4 is 9.47 Å². The Bertz CT molecular complexity index is 548. The van der Waals surface area contributed by atoms with Crippen molar-refractivity contribution in [2.24, 2.45) is 0 Å². The maximum absolute atomic E-state index is 11.0. The molecule has 8 heteroatoms. The molecule has 0 aliphatic heterocycles. The maximum Gasteiger partial charge on any atom is 0.339 e. The van der Waals surface area contributed by atoms with Crippen LogP contribution in [0.5, 0.6) is 11.5 Å². The third-order valence-electron chi connectivity index (χ3n) is 2.05. The third kappa shape index (κ3) is 3.55. The zero-order valence-corrected chi connectivity index (χ0v) is 10.5. The second kappa shape index (κ2) is 5.83. The van der Waals surface area contributed by atoms with Gasteiger partial charge in [-0.05, 0) is 0 Å². The van der Waals surface area contributed by atoms with Crippen molar-refractivity contribution < 1.29 is 38.9 Å². The summed E-state index contributed by atoms with van der Waals surface area (Å²) in [6.45, 7) is 2.07. The summed E-state index contributed by atoms with van der Waals surface area (Å²) in [6.07, 6.45) is 0. The molecule has 0 aromatic heterocycles. The molecule has 0 fully saturated rings. The molecule has 0 amide bonds. The summed E-state index contributed by atoms with van der Waals surface area (Å²) in [6, 6.07) is 1.62. The highest BCUT2D eigenvalue weighted by Crippen LogP contribution is 2.29. The average molecular weight is 282 g/mol. The van der Waals surface area contributed by atoms with Crippen LogP contribution in [0.1, 0.15) is 34.6 Å². The topological polar surface area (TPSA) is 127 Å². The van der Waals surface area contributed by atoms with Gasteiger partial charge in [0.2, 0.25) is 0 Å². The molecular weight excluding hydrogens is 272 g/mol. The maximum atomic E-state index is 11.0.